The van der Waals surface area contributed by atoms with Gasteiger partial charge in [0.05, 0.1) is 19.7 Å². The van der Waals surface area contributed by atoms with Crippen molar-refractivity contribution in [2.45, 2.75) is 25.2 Å². The Morgan fingerprint density at radius 1 is 1.11 bits per heavy atom. The van der Waals surface area contributed by atoms with E-state index in [1.165, 1.54) is 5.56 Å². The number of anilines is 2. The van der Waals surface area contributed by atoms with Crippen molar-refractivity contribution in [2.24, 2.45) is 0 Å². The number of amides is 2. The normalized spacial score (nSPS) is 15.0. The van der Waals surface area contributed by atoms with Crippen LogP contribution in [-0.2, 0) is 5.41 Å². The van der Waals surface area contributed by atoms with E-state index in [1.54, 1.807) is 20.3 Å². The number of hydrogen-bond donors (Lipinski definition) is 2. The number of rotatable bonds is 7. The van der Waals surface area contributed by atoms with Crippen LogP contribution in [0.5, 0.6) is 11.5 Å². The van der Waals surface area contributed by atoms with E-state index >= 15 is 0 Å². The molecule has 186 valence electrons. The maximum Gasteiger partial charge on any atom is 0.317 e. The number of nitrogens with two attached hydrogens (primary N) is 1. The molecule has 1 fully saturated rings. The quantitative estimate of drug-likeness (QED) is 0.536. The van der Waals surface area contributed by atoms with Crippen molar-refractivity contribution in [1.29, 1.82) is 0 Å². The first kappa shape index (κ1) is 24.4. The molecule has 35 heavy (non-hydrogen) atoms. The minimum Gasteiger partial charge on any atom is -0.493 e. The third-order valence-electron chi connectivity index (χ3n) is 6.82. The highest BCUT2D eigenvalue weighted by Crippen LogP contribution is 2.38. The van der Waals surface area contributed by atoms with Crippen LogP contribution in [0.3, 0.4) is 0 Å². The summed E-state index contributed by atoms with van der Waals surface area (Å²) >= 11 is 0. The van der Waals surface area contributed by atoms with Crippen molar-refractivity contribution in [2.75, 3.05) is 58.1 Å². The predicted molar refractivity (Wildman–Crippen MR) is 138 cm³/mol. The topological polar surface area (TPSA) is 106 Å². The average molecular weight is 479 g/mol. The lowest BCUT2D eigenvalue weighted by Gasteiger charge is -2.44. The van der Waals surface area contributed by atoms with E-state index < -0.39 is 0 Å². The van der Waals surface area contributed by atoms with Crippen molar-refractivity contribution in [1.82, 2.24) is 20.2 Å². The molecule has 0 spiro atoms. The number of methoxy groups -OCH3 is 2. The number of benzene rings is 2. The molecular weight excluding hydrogens is 444 g/mol. The molecule has 3 N–H and O–H groups in total. The maximum absolute atomic E-state index is 12.4. The number of hydrogen-bond acceptors (Lipinski definition) is 7. The van der Waals surface area contributed by atoms with E-state index in [0.29, 0.717) is 60.3 Å². The Bertz CT molecular complexity index is 1180. The van der Waals surface area contributed by atoms with Crippen LogP contribution < -0.4 is 25.4 Å². The number of carbonyl (C=O) groups is 1. The number of urea groups is 1. The summed E-state index contributed by atoms with van der Waals surface area (Å²) in [6.45, 7) is 4.63. The second-order valence-corrected chi connectivity index (χ2v) is 8.96. The van der Waals surface area contributed by atoms with Gasteiger partial charge in [-0.3, -0.25) is 0 Å². The first-order valence-corrected chi connectivity index (χ1v) is 11.9. The number of nitrogen functional groups attached to an aromatic ring is 1. The molecule has 2 heterocycles. The number of likely N-dealkylation sites (N-methyl/N-ethyl adjacent to an activating group) is 1. The number of fused-ring (bicyclic) bond motifs is 1. The van der Waals surface area contributed by atoms with E-state index in [1.807, 2.05) is 31.0 Å². The van der Waals surface area contributed by atoms with E-state index in [4.69, 9.17) is 20.2 Å². The molecule has 9 heteroatoms. The minimum absolute atomic E-state index is 0.00229. The second-order valence-electron chi connectivity index (χ2n) is 8.96. The van der Waals surface area contributed by atoms with Crippen LogP contribution in [0.1, 0.15) is 25.3 Å². The number of aromatic nitrogens is 2. The zero-order valence-corrected chi connectivity index (χ0v) is 20.9. The van der Waals surface area contributed by atoms with Crippen LogP contribution in [-0.4, -0.2) is 68.3 Å². The van der Waals surface area contributed by atoms with Crippen LogP contribution in [0.15, 0.2) is 42.5 Å². The monoisotopic (exact) mass is 478 g/mol. The Labute approximate surface area is 206 Å². The first-order valence-electron chi connectivity index (χ1n) is 11.9. The highest BCUT2D eigenvalue weighted by Gasteiger charge is 2.39. The Balaban J connectivity index is 1.64. The summed E-state index contributed by atoms with van der Waals surface area (Å²) in [6, 6.07) is 14.1. The van der Waals surface area contributed by atoms with Crippen molar-refractivity contribution < 1.29 is 14.3 Å². The lowest BCUT2D eigenvalue weighted by molar-refractivity contribution is 0.159. The van der Waals surface area contributed by atoms with Crippen LogP contribution in [0, 0.1) is 0 Å². The summed E-state index contributed by atoms with van der Waals surface area (Å²) in [6.07, 6.45) is 1.68. The van der Waals surface area contributed by atoms with Gasteiger partial charge in [0.2, 0.25) is 5.95 Å². The SMILES string of the molecule is CCNC(=O)N1CCC(CN(C)c2nc(N)c3cc(OC)c(OC)cc3n2)(c2ccccc2)CC1. The van der Waals surface area contributed by atoms with Gasteiger partial charge in [-0.15, -0.1) is 0 Å². The van der Waals surface area contributed by atoms with Gasteiger partial charge in [0.25, 0.3) is 0 Å². The van der Waals surface area contributed by atoms with Gasteiger partial charge in [-0.25, -0.2) is 9.78 Å². The van der Waals surface area contributed by atoms with Crippen LogP contribution in [0.25, 0.3) is 10.9 Å². The van der Waals surface area contributed by atoms with Gasteiger partial charge in [0.1, 0.15) is 5.82 Å². The maximum atomic E-state index is 12.4. The van der Waals surface area contributed by atoms with E-state index in [0.717, 1.165) is 12.8 Å². The Hall–Kier alpha value is -3.75. The van der Waals surface area contributed by atoms with E-state index in [2.05, 4.69) is 39.5 Å². The molecule has 9 nitrogen and oxygen atoms in total. The lowest BCUT2D eigenvalue weighted by Crippen LogP contribution is -2.52. The third kappa shape index (κ3) is 4.89. The van der Waals surface area contributed by atoms with Gasteiger partial charge in [-0.2, -0.15) is 4.98 Å². The zero-order chi connectivity index (χ0) is 25.0. The Morgan fingerprint density at radius 2 is 1.77 bits per heavy atom. The molecule has 0 aliphatic carbocycles. The number of carbonyl (C=O) groups excluding carboxylic acids is 1. The molecule has 1 saturated heterocycles. The van der Waals surface area contributed by atoms with E-state index in [9.17, 15) is 4.79 Å². The molecule has 0 atom stereocenters. The minimum atomic E-state index is -0.149. The summed E-state index contributed by atoms with van der Waals surface area (Å²) in [4.78, 5) is 25.8. The molecule has 1 aliphatic heterocycles. The van der Waals surface area contributed by atoms with Crippen molar-refractivity contribution >= 4 is 28.7 Å². The fourth-order valence-electron chi connectivity index (χ4n) is 4.89. The molecule has 0 saturated carbocycles. The molecule has 1 aliphatic rings. The molecule has 0 bridgehead atoms. The first-order chi connectivity index (χ1) is 16.9. The highest BCUT2D eigenvalue weighted by molar-refractivity contribution is 5.91. The molecule has 0 radical (unpaired) electrons. The third-order valence-corrected chi connectivity index (χ3v) is 6.82. The van der Waals surface area contributed by atoms with Crippen molar-refractivity contribution in [3.8, 4) is 11.5 Å². The number of nitrogens with one attached hydrogen (secondary N) is 1. The fraction of sp³-hybridized carbons (Fsp3) is 0.423. The Morgan fingerprint density at radius 3 is 2.40 bits per heavy atom. The molecule has 1 aromatic heterocycles. The van der Waals surface area contributed by atoms with E-state index in [-0.39, 0.29) is 11.4 Å². The van der Waals surface area contributed by atoms with Gasteiger partial charge in [0.15, 0.2) is 11.5 Å². The summed E-state index contributed by atoms with van der Waals surface area (Å²) in [5.41, 5.74) is 8.14. The van der Waals surface area contributed by atoms with Crippen LogP contribution in [0.4, 0.5) is 16.6 Å². The molecule has 3 aromatic rings. The van der Waals surface area contributed by atoms with Gasteiger partial charge in [0, 0.05) is 50.1 Å². The number of nitrogens with zero attached hydrogens (tertiary/aromatic N) is 4. The summed E-state index contributed by atoms with van der Waals surface area (Å²) in [5, 5.41) is 3.63. The molecule has 2 aromatic carbocycles. The number of piperidine rings is 1. The van der Waals surface area contributed by atoms with Crippen LogP contribution >= 0.6 is 0 Å². The van der Waals surface area contributed by atoms with Crippen molar-refractivity contribution in [3.05, 3.63) is 48.0 Å². The largest absolute Gasteiger partial charge is 0.493 e. The average Bonchev–Trinajstić information content (AvgIpc) is 2.88. The molecular formula is C26H34N6O3. The fourth-order valence-corrected chi connectivity index (χ4v) is 4.89. The van der Waals surface area contributed by atoms with Gasteiger partial charge in [-0.05, 0) is 31.4 Å². The number of ether oxygens (including phenoxy) is 2. The zero-order valence-electron chi connectivity index (χ0n) is 20.9. The predicted octanol–water partition coefficient (Wildman–Crippen LogP) is 3.43. The summed E-state index contributed by atoms with van der Waals surface area (Å²) in [7, 11) is 5.17. The van der Waals surface area contributed by atoms with Gasteiger partial charge in [-0.1, -0.05) is 30.3 Å². The van der Waals surface area contributed by atoms with Gasteiger partial charge < -0.3 is 30.3 Å². The van der Waals surface area contributed by atoms with Gasteiger partial charge >= 0.3 is 6.03 Å². The molecule has 0 unspecified atom stereocenters. The molecule has 2 amide bonds. The van der Waals surface area contributed by atoms with Crippen LogP contribution in [0.2, 0.25) is 0 Å². The lowest BCUT2D eigenvalue weighted by atomic mass is 9.72. The summed E-state index contributed by atoms with van der Waals surface area (Å²) in [5.74, 6) is 2.10. The molecule has 4 rings (SSSR count). The smallest absolute Gasteiger partial charge is 0.317 e. The summed E-state index contributed by atoms with van der Waals surface area (Å²) < 4.78 is 10.9. The Kier molecular flexibility index (Phi) is 7.14. The second kappa shape index (κ2) is 10.2. The number of likely N-dealkylation sites (tertiary alicyclic amines) is 1. The van der Waals surface area contributed by atoms with Crippen molar-refractivity contribution in [3.63, 3.8) is 0 Å². The highest BCUT2D eigenvalue weighted by atomic mass is 16.5. The standard InChI is InChI=1S/C26H34N6O3/c1-5-28-25(33)32-13-11-26(12-14-32,18-9-7-6-8-10-18)17-31(2)24-29-20-16-22(35-4)21(34-3)15-19(20)23(27)30-24/h6-10,15-16H,5,11-14,17H2,1-4H3,(H,28,33)(H2,27,29,30).